The first kappa shape index (κ1) is 6.50. The van der Waals surface area contributed by atoms with Gasteiger partial charge in [0.1, 0.15) is 12.2 Å². The van der Waals surface area contributed by atoms with E-state index in [2.05, 4.69) is 5.32 Å². The molecule has 6 atom stereocenters. The van der Waals surface area contributed by atoms with E-state index in [9.17, 15) is 9.59 Å². The second-order valence-corrected chi connectivity index (χ2v) is 4.04. The van der Waals surface area contributed by atoms with Crippen LogP contribution in [0.1, 0.15) is 0 Å². The zero-order chi connectivity index (χ0) is 8.74. The van der Waals surface area contributed by atoms with Gasteiger partial charge in [-0.2, -0.15) is 0 Å². The van der Waals surface area contributed by atoms with Gasteiger partial charge in [-0.15, -0.1) is 0 Å². The SMILES string of the molecule is O=C1NC(=O)C2C3OC(C4OC43)C12. The maximum atomic E-state index is 11.4. The first-order chi connectivity index (χ1) is 6.27. The Bertz CT molecular complexity index is 311. The number of ether oxygens (including phenoxy) is 2. The molecule has 4 rings (SSSR count). The van der Waals surface area contributed by atoms with Crippen LogP contribution in [0, 0.1) is 11.8 Å². The van der Waals surface area contributed by atoms with Crippen molar-refractivity contribution < 1.29 is 19.1 Å². The molecule has 4 saturated heterocycles. The first-order valence-electron chi connectivity index (χ1n) is 4.43. The Morgan fingerprint density at radius 1 is 0.846 bits per heavy atom. The molecule has 2 amide bonds. The van der Waals surface area contributed by atoms with Gasteiger partial charge in [-0.05, 0) is 0 Å². The quantitative estimate of drug-likeness (QED) is 0.362. The highest BCUT2D eigenvalue weighted by atomic mass is 16.7. The average molecular weight is 181 g/mol. The van der Waals surface area contributed by atoms with Crippen LogP contribution < -0.4 is 5.32 Å². The number of rotatable bonds is 0. The number of nitrogens with one attached hydrogen (secondary N) is 1. The molecule has 4 heterocycles. The van der Waals surface area contributed by atoms with Crippen LogP contribution in [0.25, 0.3) is 0 Å². The number of fused-ring (bicyclic) bond motifs is 8. The molecule has 4 aliphatic rings. The van der Waals surface area contributed by atoms with Gasteiger partial charge in [0.25, 0.3) is 0 Å². The van der Waals surface area contributed by atoms with E-state index in [0.717, 1.165) is 0 Å². The van der Waals surface area contributed by atoms with E-state index >= 15 is 0 Å². The number of imide groups is 1. The lowest BCUT2D eigenvalue weighted by Gasteiger charge is -2.11. The molecule has 4 aliphatic heterocycles. The third-order valence-electron chi connectivity index (χ3n) is 3.47. The standard InChI is InChI=1S/C8H7NO4/c10-7-1-2(8(11)9-7)4-6-5(13-6)3(1)12-4/h1-6H,(H,9,10,11). The molecule has 2 bridgehead atoms. The summed E-state index contributed by atoms with van der Waals surface area (Å²) < 4.78 is 10.9. The van der Waals surface area contributed by atoms with Crippen molar-refractivity contribution >= 4 is 11.8 Å². The van der Waals surface area contributed by atoms with Crippen LogP contribution in [0.2, 0.25) is 0 Å². The fraction of sp³-hybridized carbons (Fsp3) is 0.750. The van der Waals surface area contributed by atoms with Crippen LogP contribution >= 0.6 is 0 Å². The second kappa shape index (κ2) is 1.65. The molecule has 5 nitrogen and oxygen atoms in total. The fourth-order valence-electron chi connectivity index (χ4n) is 2.90. The average Bonchev–Trinajstić information content (AvgIpc) is 2.58. The van der Waals surface area contributed by atoms with Crippen LogP contribution in [-0.2, 0) is 19.1 Å². The fourth-order valence-corrected chi connectivity index (χ4v) is 2.90. The predicted molar refractivity (Wildman–Crippen MR) is 37.5 cm³/mol. The number of carbonyl (C=O) groups is 2. The monoisotopic (exact) mass is 181 g/mol. The Labute approximate surface area is 73.4 Å². The molecular formula is C8H7NO4. The van der Waals surface area contributed by atoms with E-state index in [1.807, 2.05) is 0 Å². The van der Waals surface area contributed by atoms with Crippen molar-refractivity contribution in [3.8, 4) is 0 Å². The summed E-state index contributed by atoms with van der Waals surface area (Å²) in [6.45, 7) is 0. The summed E-state index contributed by atoms with van der Waals surface area (Å²) in [5.41, 5.74) is 0. The van der Waals surface area contributed by atoms with E-state index in [1.54, 1.807) is 0 Å². The van der Waals surface area contributed by atoms with E-state index < -0.39 is 0 Å². The van der Waals surface area contributed by atoms with Crippen molar-refractivity contribution in [1.82, 2.24) is 5.32 Å². The van der Waals surface area contributed by atoms with Crippen molar-refractivity contribution in [1.29, 1.82) is 0 Å². The Kier molecular flexibility index (Phi) is 0.825. The third kappa shape index (κ3) is 0.538. The smallest absolute Gasteiger partial charge is 0.233 e. The number of hydrogen-bond donors (Lipinski definition) is 1. The normalized spacial score (nSPS) is 60.6. The van der Waals surface area contributed by atoms with E-state index in [-0.39, 0.29) is 48.1 Å². The minimum absolute atomic E-state index is 0.0860. The van der Waals surface area contributed by atoms with Crippen molar-refractivity contribution in [2.24, 2.45) is 11.8 Å². The van der Waals surface area contributed by atoms with Crippen LogP contribution in [0.4, 0.5) is 0 Å². The Morgan fingerprint density at radius 2 is 1.31 bits per heavy atom. The highest BCUT2D eigenvalue weighted by molar-refractivity contribution is 6.06. The minimum Gasteiger partial charge on any atom is -0.368 e. The lowest BCUT2D eigenvalue weighted by molar-refractivity contribution is -0.129. The lowest BCUT2D eigenvalue weighted by Crippen LogP contribution is -2.34. The Morgan fingerprint density at radius 3 is 1.85 bits per heavy atom. The number of carbonyl (C=O) groups excluding carboxylic acids is 2. The van der Waals surface area contributed by atoms with Gasteiger partial charge >= 0.3 is 0 Å². The Hall–Kier alpha value is -0.940. The Balaban J connectivity index is 1.84. The molecule has 0 aliphatic carbocycles. The number of amides is 2. The zero-order valence-electron chi connectivity index (χ0n) is 6.60. The van der Waals surface area contributed by atoms with Gasteiger partial charge in [-0.3, -0.25) is 14.9 Å². The van der Waals surface area contributed by atoms with E-state index in [1.165, 1.54) is 0 Å². The van der Waals surface area contributed by atoms with Crippen molar-refractivity contribution in [3.05, 3.63) is 0 Å². The molecule has 0 aromatic rings. The summed E-state index contributed by atoms with van der Waals surface area (Å²) >= 11 is 0. The topological polar surface area (TPSA) is 67.9 Å². The van der Waals surface area contributed by atoms with Crippen molar-refractivity contribution in [2.75, 3.05) is 0 Å². The van der Waals surface area contributed by atoms with Crippen LogP contribution in [0.15, 0.2) is 0 Å². The largest absolute Gasteiger partial charge is 0.368 e. The summed E-state index contributed by atoms with van der Waals surface area (Å²) in [5.74, 6) is -0.921. The molecule has 6 unspecified atom stereocenters. The molecule has 68 valence electrons. The molecule has 5 heteroatoms. The van der Waals surface area contributed by atoms with Crippen molar-refractivity contribution in [2.45, 2.75) is 24.4 Å². The molecular weight excluding hydrogens is 174 g/mol. The summed E-state index contributed by atoms with van der Waals surface area (Å²) in [6, 6.07) is 0. The van der Waals surface area contributed by atoms with Gasteiger partial charge in [-0.25, -0.2) is 0 Å². The van der Waals surface area contributed by atoms with Crippen LogP contribution in [0.5, 0.6) is 0 Å². The predicted octanol–water partition coefficient (Wildman–Crippen LogP) is -1.58. The molecule has 1 N–H and O–H groups in total. The van der Waals surface area contributed by atoms with E-state index in [4.69, 9.17) is 9.47 Å². The van der Waals surface area contributed by atoms with Gasteiger partial charge in [-0.1, -0.05) is 0 Å². The maximum Gasteiger partial charge on any atom is 0.233 e. The molecule has 0 saturated carbocycles. The molecule has 4 fully saturated rings. The first-order valence-corrected chi connectivity index (χ1v) is 4.43. The van der Waals surface area contributed by atoms with Gasteiger partial charge in [0.15, 0.2) is 0 Å². The van der Waals surface area contributed by atoms with Crippen LogP contribution in [-0.4, -0.2) is 36.2 Å². The minimum atomic E-state index is -0.277. The number of epoxide rings is 1. The highest BCUT2D eigenvalue weighted by Gasteiger charge is 2.74. The summed E-state index contributed by atoms with van der Waals surface area (Å²) in [5, 5.41) is 2.35. The lowest BCUT2D eigenvalue weighted by atomic mass is 9.81. The summed E-state index contributed by atoms with van der Waals surface area (Å²) in [4.78, 5) is 22.7. The third-order valence-corrected chi connectivity index (χ3v) is 3.47. The van der Waals surface area contributed by atoms with Crippen LogP contribution in [0.3, 0.4) is 0 Å². The van der Waals surface area contributed by atoms with Gasteiger partial charge in [0, 0.05) is 0 Å². The van der Waals surface area contributed by atoms with Crippen molar-refractivity contribution in [3.63, 3.8) is 0 Å². The summed E-state index contributed by atoms with van der Waals surface area (Å²) in [7, 11) is 0. The molecule has 0 aromatic carbocycles. The highest BCUT2D eigenvalue weighted by Crippen LogP contribution is 2.55. The van der Waals surface area contributed by atoms with Gasteiger partial charge < -0.3 is 9.47 Å². The number of hydrogen-bond acceptors (Lipinski definition) is 4. The van der Waals surface area contributed by atoms with E-state index in [0.29, 0.717) is 0 Å². The summed E-state index contributed by atoms with van der Waals surface area (Å²) in [6.07, 6.45) is -0.149. The zero-order valence-corrected chi connectivity index (χ0v) is 6.60. The maximum absolute atomic E-state index is 11.4. The van der Waals surface area contributed by atoms with Gasteiger partial charge in [0.2, 0.25) is 11.8 Å². The molecule has 0 radical (unpaired) electrons. The van der Waals surface area contributed by atoms with Gasteiger partial charge in [0.05, 0.1) is 24.0 Å². The molecule has 13 heavy (non-hydrogen) atoms. The molecule has 0 aromatic heterocycles. The second-order valence-electron chi connectivity index (χ2n) is 4.04. The molecule has 0 spiro atoms.